The quantitative estimate of drug-likeness (QED) is 0.574. The number of aromatic nitrogens is 3. The highest BCUT2D eigenvalue weighted by atomic mass is 32.1. The van der Waals surface area contributed by atoms with E-state index < -0.39 is 0 Å². The number of fused-ring (bicyclic) bond motifs is 1. The predicted molar refractivity (Wildman–Crippen MR) is 125 cm³/mol. The highest BCUT2D eigenvalue weighted by Gasteiger charge is 2.30. The number of anilines is 2. The maximum absolute atomic E-state index is 13.3. The summed E-state index contributed by atoms with van der Waals surface area (Å²) in [5.74, 6) is 1.19. The third kappa shape index (κ3) is 4.30. The molecule has 0 aliphatic carbocycles. The normalized spacial score (nSPS) is 21.4. The van der Waals surface area contributed by atoms with E-state index in [-0.39, 0.29) is 17.2 Å². The number of hydrogen-bond donors (Lipinski definition) is 3. The van der Waals surface area contributed by atoms with Gasteiger partial charge in [0, 0.05) is 25.7 Å². The van der Waals surface area contributed by atoms with E-state index in [1.165, 1.54) is 11.3 Å². The van der Waals surface area contributed by atoms with E-state index in [0.717, 1.165) is 36.1 Å². The maximum Gasteiger partial charge on any atom is 0.264 e. The molecular formula is C22H28N6O2S. The molecule has 3 aromatic rings. The number of piperidine rings is 1. The van der Waals surface area contributed by atoms with Crippen molar-refractivity contribution in [3.63, 3.8) is 0 Å². The Bertz CT molecular complexity index is 1100. The van der Waals surface area contributed by atoms with Crippen molar-refractivity contribution in [2.24, 2.45) is 0 Å². The van der Waals surface area contributed by atoms with Gasteiger partial charge in [0.05, 0.1) is 22.4 Å². The molecule has 164 valence electrons. The van der Waals surface area contributed by atoms with Crippen LogP contribution in [0.4, 0.5) is 11.8 Å². The average Bonchev–Trinajstić information content (AvgIpc) is 3.17. The van der Waals surface area contributed by atoms with Crippen molar-refractivity contribution in [2.45, 2.75) is 38.3 Å². The van der Waals surface area contributed by atoms with Gasteiger partial charge in [-0.25, -0.2) is 4.98 Å². The fourth-order valence-corrected chi connectivity index (χ4v) is 5.27. The van der Waals surface area contributed by atoms with Gasteiger partial charge in [-0.05, 0) is 45.4 Å². The van der Waals surface area contributed by atoms with Gasteiger partial charge < -0.3 is 20.3 Å². The lowest BCUT2D eigenvalue weighted by atomic mass is 10.1. The molecule has 0 spiro atoms. The van der Waals surface area contributed by atoms with E-state index in [0.29, 0.717) is 42.0 Å². The zero-order chi connectivity index (χ0) is 21.4. The molecule has 2 aromatic heterocycles. The molecule has 31 heavy (non-hydrogen) atoms. The number of ether oxygens (including phenoxy) is 1. The number of morpholine rings is 1. The van der Waals surface area contributed by atoms with E-state index in [2.05, 4.69) is 34.4 Å². The maximum atomic E-state index is 13.3. The summed E-state index contributed by atoms with van der Waals surface area (Å²) in [6.45, 7) is 7.95. The molecule has 0 saturated carbocycles. The first-order chi connectivity index (χ1) is 15.0. The minimum atomic E-state index is -0.288. The number of aromatic amines is 1. The van der Waals surface area contributed by atoms with Gasteiger partial charge in [0.2, 0.25) is 5.95 Å². The Hall–Kier alpha value is -2.49. The zero-order valence-electron chi connectivity index (χ0n) is 17.9. The Morgan fingerprint density at radius 1 is 1.29 bits per heavy atom. The molecule has 1 aromatic carbocycles. The number of benzene rings is 1. The number of thiazole rings is 1. The van der Waals surface area contributed by atoms with Crippen molar-refractivity contribution in [3.05, 3.63) is 34.6 Å². The number of para-hydroxylation sites is 1. The van der Waals surface area contributed by atoms with Crippen LogP contribution in [0.15, 0.2) is 29.1 Å². The van der Waals surface area contributed by atoms with Crippen LogP contribution >= 0.6 is 11.3 Å². The largest absolute Gasteiger partial charge is 0.372 e. The van der Waals surface area contributed by atoms with Gasteiger partial charge >= 0.3 is 0 Å². The molecule has 2 fully saturated rings. The van der Waals surface area contributed by atoms with E-state index in [1.807, 2.05) is 24.3 Å². The summed E-state index contributed by atoms with van der Waals surface area (Å²) >= 11 is 1.52. The number of H-pyrrole nitrogens is 1. The van der Waals surface area contributed by atoms with Crippen LogP contribution in [0.5, 0.6) is 0 Å². The first-order valence-electron chi connectivity index (χ1n) is 10.8. The summed E-state index contributed by atoms with van der Waals surface area (Å²) in [6, 6.07) is 8.18. The Kier molecular flexibility index (Phi) is 5.41. The second-order valence-corrected chi connectivity index (χ2v) is 9.85. The van der Waals surface area contributed by atoms with Crippen LogP contribution in [-0.2, 0) is 4.74 Å². The molecule has 2 saturated heterocycles. The molecule has 0 radical (unpaired) electrons. The van der Waals surface area contributed by atoms with Crippen molar-refractivity contribution in [3.8, 4) is 10.6 Å². The fraction of sp³-hybridized carbons (Fsp3) is 0.500. The average molecular weight is 441 g/mol. The summed E-state index contributed by atoms with van der Waals surface area (Å²) < 4.78 is 6.89. The van der Waals surface area contributed by atoms with E-state index in [4.69, 9.17) is 14.7 Å². The first kappa shape index (κ1) is 20.4. The fourth-order valence-electron chi connectivity index (χ4n) is 4.26. The molecule has 4 heterocycles. The van der Waals surface area contributed by atoms with E-state index in [9.17, 15) is 4.79 Å². The third-order valence-corrected chi connectivity index (χ3v) is 6.83. The molecule has 2 aliphatic rings. The Morgan fingerprint density at radius 2 is 2.16 bits per heavy atom. The van der Waals surface area contributed by atoms with Crippen molar-refractivity contribution >= 4 is 33.3 Å². The van der Waals surface area contributed by atoms with Crippen LogP contribution in [0.3, 0.4) is 0 Å². The van der Waals surface area contributed by atoms with Gasteiger partial charge in [-0.15, -0.1) is 11.3 Å². The molecule has 0 bridgehead atoms. The molecule has 2 aliphatic heterocycles. The molecule has 0 amide bonds. The highest BCUT2D eigenvalue weighted by molar-refractivity contribution is 7.21. The predicted octanol–water partition coefficient (Wildman–Crippen LogP) is 2.83. The lowest BCUT2D eigenvalue weighted by molar-refractivity contribution is -0.0281. The zero-order valence-corrected chi connectivity index (χ0v) is 18.7. The van der Waals surface area contributed by atoms with Gasteiger partial charge in [0.15, 0.2) is 0 Å². The lowest BCUT2D eigenvalue weighted by Gasteiger charge is -2.38. The summed E-state index contributed by atoms with van der Waals surface area (Å²) in [5, 5.41) is 7.66. The van der Waals surface area contributed by atoms with Gasteiger partial charge in [-0.2, -0.15) is 4.98 Å². The number of nitrogens with one attached hydrogen (secondary N) is 3. The highest BCUT2D eigenvalue weighted by Crippen LogP contribution is 2.33. The van der Waals surface area contributed by atoms with Gasteiger partial charge in [-0.1, -0.05) is 12.1 Å². The van der Waals surface area contributed by atoms with Crippen LogP contribution in [0.2, 0.25) is 0 Å². The monoisotopic (exact) mass is 440 g/mol. The summed E-state index contributed by atoms with van der Waals surface area (Å²) in [4.78, 5) is 28.1. The first-order valence-corrected chi connectivity index (χ1v) is 11.7. The minimum Gasteiger partial charge on any atom is -0.372 e. The summed E-state index contributed by atoms with van der Waals surface area (Å²) in [5.41, 5.74) is 0.956. The van der Waals surface area contributed by atoms with Crippen LogP contribution in [0, 0.1) is 0 Å². The third-order valence-electron chi connectivity index (χ3n) is 5.78. The standard InChI is InChI=1S/C22H28N6O2S/c1-22(2)13-28(10-11-30-22)21-26-18(24-14-6-5-9-23-12-14)17(19(29)27-21)20-25-15-7-3-4-8-16(15)31-20/h3-4,7-8,14,23H,5-6,9-13H2,1-2H3,(H2,24,26,27,29). The van der Waals surface area contributed by atoms with Gasteiger partial charge in [0.1, 0.15) is 16.4 Å². The Morgan fingerprint density at radius 3 is 2.94 bits per heavy atom. The van der Waals surface area contributed by atoms with Crippen molar-refractivity contribution in [2.75, 3.05) is 43.0 Å². The molecule has 1 atom stereocenters. The molecule has 3 N–H and O–H groups in total. The van der Waals surface area contributed by atoms with Crippen LogP contribution in [-0.4, -0.2) is 59.4 Å². The van der Waals surface area contributed by atoms with Crippen molar-refractivity contribution < 1.29 is 4.74 Å². The number of hydrogen-bond acceptors (Lipinski definition) is 8. The summed E-state index contributed by atoms with van der Waals surface area (Å²) in [6.07, 6.45) is 2.14. The summed E-state index contributed by atoms with van der Waals surface area (Å²) in [7, 11) is 0. The minimum absolute atomic E-state index is 0.167. The lowest BCUT2D eigenvalue weighted by Crippen LogP contribution is -2.49. The number of rotatable bonds is 4. The topological polar surface area (TPSA) is 95.2 Å². The van der Waals surface area contributed by atoms with Crippen LogP contribution in [0.25, 0.3) is 20.8 Å². The second-order valence-electron chi connectivity index (χ2n) is 8.82. The number of nitrogens with zero attached hydrogens (tertiary/aromatic N) is 3. The van der Waals surface area contributed by atoms with Crippen LogP contribution in [0.1, 0.15) is 26.7 Å². The van der Waals surface area contributed by atoms with Crippen molar-refractivity contribution in [1.29, 1.82) is 0 Å². The molecular weight excluding hydrogens is 412 g/mol. The SMILES string of the molecule is CC1(C)CN(c2nc(NC3CCCNC3)c(-c3nc4ccccc4s3)c(=O)[nH]2)CCO1. The Labute approximate surface area is 185 Å². The van der Waals surface area contributed by atoms with Gasteiger partial charge in [0.25, 0.3) is 5.56 Å². The smallest absolute Gasteiger partial charge is 0.264 e. The molecule has 1 unspecified atom stereocenters. The molecule has 5 rings (SSSR count). The molecule has 9 heteroatoms. The van der Waals surface area contributed by atoms with Gasteiger partial charge in [-0.3, -0.25) is 9.78 Å². The molecule has 8 nitrogen and oxygen atoms in total. The second kappa shape index (κ2) is 8.22. The van der Waals surface area contributed by atoms with E-state index >= 15 is 0 Å². The van der Waals surface area contributed by atoms with E-state index in [1.54, 1.807) is 0 Å². The van der Waals surface area contributed by atoms with Crippen LogP contribution < -0.4 is 21.1 Å². The Balaban J connectivity index is 1.57. The van der Waals surface area contributed by atoms with Crippen molar-refractivity contribution in [1.82, 2.24) is 20.3 Å².